The first-order valence-electron chi connectivity index (χ1n) is 10.1. The number of nitrogens with zero attached hydrogens (tertiary/aromatic N) is 2. The summed E-state index contributed by atoms with van der Waals surface area (Å²) in [5, 5.41) is 21.0. The van der Waals surface area contributed by atoms with Crippen LogP contribution in [0.5, 0.6) is 0 Å². The Balaban J connectivity index is 1.84. The average molecular weight is 468 g/mol. The highest BCUT2D eigenvalue weighted by Gasteiger charge is 2.21. The summed E-state index contributed by atoms with van der Waals surface area (Å²) in [5.74, 6) is 0.445. The van der Waals surface area contributed by atoms with Crippen LogP contribution in [0.25, 0.3) is 0 Å². The molecule has 1 fully saturated rings. The predicted molar refractivity (Wildman–Crippen MR) is 125 cm³/mol. The number of sulfonamides is 1. The highest BCUT2D eigenvalue weighted by Crippen LogP contribution is 2.20. The molecule has 10 heteroatoms. The minimum atomic E-state index is -3.91. The van der Waals surface area contributed by atoms with E-state index in [2.05, 4.69) is 21.6 Å². The molecule has 4 N–H and O–H groups in total. The number of hydrogen-bond acceptors (Lipinski definition) is 5. The van der Waals surface area contributed by atoms with Gasteiger partial charge in [0.05, 0.1) is 11.1 Å². The molecule has 1 saturated carbocycles. The number of nitrogens with one attached hydrogen (secondary N) is 3. The van der Waals surface area contributed by atoms with E-state index in [4.69, 9.17) is 17.0 Å². The van der Waals surface area contributed by atoms with Crippen LogP contribution in [0, 0.1) is 5.41 Å². The second-order valence-electron chi connectivity index (χ2n) is 7.35. The van der Waals surface area contributed by atoms with Crippen molar-refractivity contribution in [1.29, 1.82) is 5.41 Å². The summed E-state index contributed by atoms with van der Waals surface area (Å²) < 4.78 is 26.9. The van der Waals surface area contributed by atoms with E-state index < -0.39 is 10.0 Å². The Kier molecular flexibility index (Phi) is 9.54. The lowest BCUT2D eigenvalue weighted by atomic mass is 9.93. The minimum Gasteiger partial charge on any atom is -0.393 e. The van der Waals surface area contributed by atoms with Gasteiger partial charge in [-0.25, -0.2) is 13.4 Å². The molecule has 0 saturated heterocycles. The van der Waals surface area contributed by atoms with Gasteiger partial charge in [0.1, 0.15) is 10.7 Å². The number of hydrogen-bond donors (Lipinski definition) is 4. The number of amidine groups is 1. The molecule has 0 spiro atoms. The van der Waals surface area contributed by atoms with Crippen molar-refractivity contribution in [1.82, 2.24) is 14.9 Å². The van der Waals surface area contributed by atoms with Gasteiger partial charge in [-0.2, -0.15) is 0 Å². The molecule has 2 rings (SSSR count). The van der Waals surface area contributed by atoms with E-state index in [0.29, 0.717) is 18.9 Å². The minimum absolute atomic E-state index is 0.0684. The summed E-state index contributed by atoms with van der Waals surface area (Å²) in [6.07, 6.45) is 8.28. The zero-order valence-corrected chi connectivity index (χ0v) is 19.2. The Morgan fingerprint density at radius 3 is 2.68 bits per heavy atom. The molecule has 1 aromatic rings. The van der Waals surface area contributed by atoms with Crippen LogP contribution in [-0.4, -0.2) is 56.0 Å². The van der Waals surface area contributed by atoms with E-state index in [-0.39, 0.29) is 27.9 Å². The third kappa shape index (κ3) is 8.01. The van der Waals surface area contributed by atoms with Crippen molar-refractivity contribution in [2.45, 2.75) is 49.1 Å². The molecule has 0 radical (unpaired) electrons. The number of halogens is 1. The standard InChI is InChI=1S/C21H30ClN5O3S/c1-3-24-21(25-16-11-13-17(28)14-12-16)27(2)15-7-6-10-20(23)26-31(29,30)19-9-5-4-8-18(19)22/h3-6,8-10,16-17,28H,1,7,11-15H2,2H3,(H2,23,26)(H,24,25)/b10-6-. The Morgan fingerprint density at radius 1 is 1.35 bits per heavy atom. The lowest BCUT2D eigenvalue weighted by Crippen LogP contribution is -2.46. The van der Waals surface area contributed by atoms with Gasteiger partial charge in [0.15, 0.2) is 5.96 Å². The van der Waals surface area contributed by atoms with Gasteiger partial charge >= 0.3 is 0 Å². The fraction of sp³-hybridized carbons (Fsp3) is 0.429. The Morgan fingerprint density at radius 2 is 2.03 bits per heavy atom. The van der Waals surface area contributed by atoms with Crippen molar-refractivity contribution in [3.63, 3.8) is 0 Å². The maximum absolute atomic E-state index is 12.3. The highest BCUT2D eigenvalue weighted by atomic mass is 35.5. The molecule has 1 aliphatic carbocycles. The van der Waals surface area contributed by atoms with Crippen molar-refractivity contribution < 1.29 is 13.5 Å². The van der Waals surface area contributed by atoms with Crippen LogP contribution in [0.15, 0.2) is 59.1 Å². The second-order valence-corrected chi connectivity index (χ2v) is 9.41. The summed E-state index contributed by atoms with van der Waals surface area (Å²) >= 11 is 5.94. The molecule has 0 amide bonds. The maximum Gasteiger partial charge on any atom is 0.264 e. The summed E-state index contributed by atoms with van der Waals surface area (Å²) in [5.41, 5.74) is 0. The first-order chi connectivity index (χ1) is 14.7. The Labute approximate surface area is 189 Å². The second kappa shape index (κ2) is 11.9. The molecule has 0 atom stereocenters. The number of aliphatic hydroxyl groups is 1. The Bertz CT molecular complexity index is 925. The number of rotatable bonds is 8. The molecule has 1 aromatic carbocycles. The number of guanidine groups is 1. The van der Waals surface area contributed by atoms with E-state index in [9.17, 15) is 13.5 Å². The van der Waals surface area contributed by atoms with Crippen molar-refractivity contribution >= 4 is 33.4 Å². The van der Waals surface area contributed by atoms with Crippen molar-refractivity contribution in [3.8, 4) is 0 Å². The summed E-state index contributed by atoms with van der Waals surface area (Å²) in [7, 11) is -2.02. The SMILES string of the molecule is C=C/N=C(/NC1CCC(O)CC1)N(C)CC/C=C\C(=N)NS(=O)(=O)c1ccccc1Cl. The fourth-order valence-electron chi connectivity index (χ4n) is 3.21. The van der Waals surface area contributed by atoms with Gasteiger partial charge in [0.2, 0.25) is 0 Å². The smallest absolute Gasteiger partial charge is 0.264 e. The van der Waals surface area contributed by atoms with Crippen LogP contribution in [0.3, 0.4) is 0 Å². The Hall–Kier alpha value is -2.36. The van der Waals surface area contributed by atoms with Crippen LogP contribution in [-0.2, 0) is 10.0 Å². The lowest BCUT2D eigenvalue weighted by Gasteiger charge is -2.30. The zero-order chi connectivity index (χ0) is 22.9. The van der Waals surface area contributed by atoms with Gasteiger partial charge in [-0.15, -0.1) is 0 Å². The molecule has 0 bridgehead atoms. The molecular formula is C21H30ClN5O3S. The summed E-state index contributed by atoms with van der Waals surface area (Å²) in [4.78, 5) is 6.17. The van der Waals surface area contributed by atoms with E-state index in [0.717, 1.165) is 25.7 Å². The van der Waals surface area contributed by atoms with Crippen molar-refractivity contribution in [3.05, 3.63) is 54.2 Å². The van der Waals surface area contributed by atoms with Gasteiger partial charge in [-0.3, -0.25) is 10.1 Å². The molecule has 0 heterocycles. The highest BCUT2D eigenvalue weighted by molar-refractivity contribution is 7.90. The van der Waals surface area contributed by atoms with Crippen LogP contribution < -0.4 is 10.0 Å². The zero-order valence-electron chi connectivity index (χ0n) is 17.6. The molecule has 0 aromatic heterocycles. The van der Waals surface area contributed by atoms with Gasteiger partial charge in [0.25, 0.3) is 10.0 Å². The average Bonchev–Trinajstić information content (AvgIpc) is 2.72. The molecule has 31 heavy (non-hydrogen) atoms. The van der Waals surface area contributed by atoms with Gasteiger partial charge in [-0.1, -0.05) is 36.4 Å². The monoisotopic (exact) mass is 467 g/mol. The molecular weight excluding hydrogens is 438 g/mol. The normalized spacial score (nSPS) is 19.8. The quantitative estimate of drug-likeness (QED) is 0.346. The van der Waals surface area contributed by atoms with Crippen LogP contribution in [0.1, 0.15) is 32.1 Å². The molecule has 8 nitrogen and oxygen atoms in total. The number of aliphatic hydroxyl groups excluding tert-OH is 1. The van der Waals surface area contributed by atoms with Gasteiger partial charge < -0.3 is 15.3 Å². The van der Waals surface area contributed by atoms with E-state index in [1.807, 2.05) is 11.9 Å². The molecule has 0 unspecified atom stereocenters. The maximum atomic E-state index is 12.3. The molecule has 0 aliphatic heterocycles. The molecule has 1 aliphatic rings. The van der Waals surface area contributed by atoms with Crippen LogP contribution in [0.4, 0.5) is 0 Å². The fourth-order valence-corrected chi connectivity index (χ4v) is 4.70. The topological polar surface area (TPSA) is 118 Å². The number of benzene rings is 1. The van der Waals surface area contributed by atoms with Crippen LogP contribution >= 0.6 is 11.6 Å². The van der Waals surface area contributed by atoms with Crippen molar-refractivity contribution in [2.24, 2.45) is 4.99 Å². The summed E-state index contributed by atoms with van der Waals surface area (Å²) in [6.45, 7) is 4.27. The van der Waals surface area contributed by atoms with E-state index in [1.54, 1.807) is 18.2 Å². The third-order valence-corrected chi connectivity index (χ3v) is 6.76. The van der Waals surface area contributed by atoms with Crippen LogP contribution in [0.2, 0.25) is 5.02 Å². The largest absolute Gasteiger partial charge is 0.393 e. The van der Waals surface area contributed by atoms with Gasteiger partial charge in [0, 0.05) is 25.8 Å². The number of aliphatic imine (C=N–C) groups is 1. The molecule has 170 valence electrons. The summed E-state index contributed by atoms with van der Waals surface area (Å²) in [6, 6.07) is 6.34. The first-order valence-corrected chi connectivity index (χ1v) is 12.0. The lowest BCUT2D eigenvalue weighted by molar-refractivity contribution is 0.119. The third-order valence-electron chi connectivity index (χ3n) is 4.89. The van der Waals surface area contributed by atoms with E-state index in [1.165, 1.54) is 24.4 Å². The van der Waals surface area contributed by atoms with Crippen molar-refractivity contribution in [2.75, 3.05) is 13.6 Å². The van der Waals surface area contributed by atoms with Gasteiger partial charge in [-0.05, 0) is 50.3 Å². The predicted octanol–water partition coefficient (Wildman–Crippen LogP) is 2.87. The first kappa shape index (κ1) is 24.9. The van der Waals surface area contributed by atoms with E-state index >= 15 is 0 Å².